The first-order valence-electron chi connectivity index (χ1n) is 4.95. The number of sulfone groups is 1. The highest BCUT2D eigenvalue weighted by Crippen LogP contribution is 2.25. The third-order valence-corrected chi connectivity index (χ3v) is 4.98. The van der Waals surface area contributed by atoms with Gasteiger partial charge in [0.25, 0.3) is 0 Å². The van der Waals surface area contributed by atoms with Crippen molar-refractivity contribution in [3.05, 3.63) is 23.0 Å². The van der Waals surface area contributed by atoms with E-state index >= 15 is 0 Å². The maximum atomic E-state index is 13.1. The summed E-state index contributed by atoms with van der Waals surface area (Å²) in [6.45, 7) is -0.311. The zero-order valence-corrected chi connectivity index (χ0v) is 12.2. The molecule has 6 nitrogen and oxygen atoms in total. The number of hydrogen-bond acceptors (Lipinski definition) is 5. The van der Waals surface area contributed by atoms with Crippen molar-refractivity contribution >= 4 is 37.1 Å². The second-order valence-corrected chi connectivity index (χ2v) is 8.23. The Morgan fingerprint density at radius 2 is 1.89 bits per heavy atom. The van der Waals surface area contributed by atoms with E-state index in [1.165, 1.54) is 0 Å². The van der Waals surface area contributed by atoms with Gasteiger partial charge in [0.1, 0.15) is 20.5 Å². The van der Waals surface area contributed by atoms with E-state index in [0.717, 1.165) is 18.4 Å². The van der Waals surface area contributed by atoms with Crippen LogP contribution in [-0.4, -0.2) is 35.4 Å². The molecule has 19 heavy (non-hydrogen) atoms. The topological polar surface area (TPSA) is 106 Å². The molecule has 0 heterocycles. The number of nitrogens with two attached hydrogens (primary N) is 1. The van der Waals surface area contributed by atoms with Crippen molar-refractivity contribution in [2.24, 2.45) is 0 Å². The van der Waals surface area contributed by atoms with Crippen LogP contribution in [0.15, 0.2) is 17.0 Å². The van der Waals surface area contributed by atoms with Crippen molar-refractivity contribution in [1.82, 2.24) is 4.72 Å². The van der Waals surface area contributed by atoms with Crippen molar-refractivity contribution in [2.75, 3.05) is 24.3 Å². The first-order valence-corrected chi connectivity index (χ1v) is 8.87. The number of nitrogen functional groups attached to an aromatic ring is 1. The first kappa shape index (κ1) is 16.2. The third-order valence-electron chi connectivity index (χ3n) is 2.11. The zero-order valence-electron chi connectivity index (χ0n) is 9.85. The van der Waals surface area contributed by atoms with Crippen molar-refractivity contribution in [3.8, 4) is 0 Å². The average molecular weight is 331 g/mol. The fourth-order valence-electron chi connectivity index (χ4n) is 1.19. The largest absolute Gasteiger partial charge is 0.396 e. The molecule has 10 heteroatoms. The van der Waals surface area contributed by atoms with Crippen LogP contribution >= 0.6 is 11.6 Å². The lowest BCUT2D eigenvalue weighted by Crippen LogP contribution is -2.29. The molecule has 108 valence electrons. The predicted octanol–water partition coefficient (Wildman–Crippen LogP) is 0.384. The molecule has 0 spiro atoms. The van der Waals surface area contributed by atoms with Gasteiger partial charge in [0.2, 0.25) is 10.0 Å². The molecular weight excluding hydrogens is 319 g/mol. The summed E-state index contributed by atoms with van der Waals surface area (Å²) in [4.78, 5) is -0.401. The van der Waals surface area contributed by atoms with Crippen LogP contribution < -0.4 is 10.5 Å². The SMILES string of the molecule is CS(=O)(=O)CCNS(=O)(=O)c1cc(N)c(F)cc1Cl. The molecule has 0 bridgehead atoms. The van der Waals surface area contributed by atoms with Crippen LogP contribution in [0.4, 0.5) is 10.1 Å². The van der Waals surface area contributed by atoms with Crippen molar-refractivity contribution in [2.45, 2.75) is 4.90 Å². The van der Waals surface area contributed by atoms with Crippen LogP contribution in [-0.2, 0) is 19.9 Å². The van der Waals surface area contributed by atoms with E-state index in [1.54, 1.807) is 0 Å². The Labute approximate surface area is 115 Å². The van der Waals surface area contributed by atoms with Gasteiger partial charge in [0.15, 0.2) is 0 Å². The van der Waals surface area contributed by atoms with Gasteiger partial charge in [-0.15, -0.1) is 0 Å². The Morgan fingerprint density at radius 1 is 1.32 bits per heavy atom. The maximum Gasteiger partial charge on any atom is 0.242 e. The standard InChI is InChI=1S/C9H12ClFN2O4S2/c1-18(14,15)3-2-13-19(16,17)9-5-8(12)7(11)4-6(9)10/h4-5,13H,2-3,12H2,1H3. The van der Waals surface area contributed by atoms with Crippen LogP contribution in [0.25, 0.3) is 0 Å². The number of rotatable bonds is 5. The number of benzene rings is 1. The summed E-state index contributed by atoms with van der Waals surface area (Å²) in [5, 5.41) is -0.335. The van der Waals surface area contributed by atoms with E-state index in [9.17, 15) is 21.2 Å². The molecule has 0 saturated heterocycles. The molecule has 0 atom stereocenters. The Balaban J connectivity index is 2.98. The van der Waals surface area contributed by atoms with Crippen LogP contribution in [0.1, 0.15) is 0 Å². The Hall–Kier alpha value is -0.900. The van der Waals surface area contributed by atoms with Gasteiger partial charge in [-0.05, 0) is 12.1 Å². The van der Waals surface area contributed by atoms with Crippen LogP contribution in [0, 0.1) is 5.82 Å². The van der Waals surface area contributed by atoms with Gasteiger partial charge >= 0.3 is 0 Å². The molecule has 3 N–H and O–H groups in total. The lowest BCUT2D eigenvalue weighted by molar-refractivity contribution is 0.581. The Kier molecular flexibility index (Phi) is 4.77. The van der Waals surface area contributed by atoms with Crippen LogP contribution in [0.5, 0.6) is 0 Å². The molecule has 0 aliphatic heterocycles. The molecule has 0 saturated carbocycles. The van der Waals surface area contributed by atoms with E-state index in [4.69, 9.17) is 17.3 Å². The van der Waals surface area contributed by atoms with Gasteiger partial charge in [0, 0.05) is 12.8 Å². The van der Waals surface area contributed by atoms with Gasteiger partial charge in [-0.3, -0.25) is 0 Å². The van der Waals surface area contributed by atoms with Crippen LogP contribution in [0.3, 0.4) is 0 Å². The second kappa shape index (κ2) is 5.61. The van der Waals surface area contributed by atoms with E-state index in [0.29, 0.717) is 0 Å². The minimum Gasteiger partial charge on any atom is -0.396 e. The first-order chi connectivity index (χ1) is 8.53. The molecule has 0 aromatic heterocycles. The molecular formula is C9H12ClFN2O4S2. The molecule has 0 unspecified atom stereocenters. The second-order valence-electron chi connectivity index (χ2n) is 3.83. The molecule has 1 aromatic carbocycles. The minimum atomic E-state index is -4.05. The number of hydrogen-bond donors (Lipinski definition) is 2. The van der Waals surface area contributed by atoms with E-state index in [2.05, 4.69) is 0 Å². The minimum absolute atomic E-state index is 0.311. The summed E-state index contributed by atoms with van der Waals surface area (Å²) >= 11 is 5.62. The van der Waals surface area contributed by atoms with Gasteiger partial charge < -0.3 is 5.73 Å². The Bertz CT molecular complexity index is 688. The lowest BCUT2D eigenvalue weighted by atomic mass is 10.3. The number of nitrogens with one attached hydrogen (secondary N) is 1. The van der Waals surface area contributed by atoms with E-state index in [1.807, 2.05) is 4.72 Å². The highest BCUT2D eigenvalue weighted by molar-refractivity contribution is 7.91. The average Bonchev–Trinajstić information content (AvgIpc) is 2.20. The predicted molar refractivity (Wildman–Crippen MR) is 70.7 cm³/mol. The van der Waals surface area contributed by atoms with Crippen molar-refractivity contribution in [3.63, 3.8) is 0 Å². The van der Waals surface area contributed by atoms with Gasteiger partial charge in [0.05, 0.1) is 16.5 Å². The Morgan fingerprint density at radius 3 is 2.42 bits per heavy atom. The highest BCUT2D eigenvalue weighted by Gasteiger charge is 2.20. The fourth-order valence-corrected chi connectivity index (χ4v) is 3.37. The number of sulfonamides is 1. The summed E-state index contributed by atoms with van der Waals surface area (Å²) in [5.74, 6) is -1.19. The molecule has 0 fully saturated rings. The molecule has 0 amide bonds. The van der Waals surface area contributed by atoms with E-state index < -0.39 is 30.6 Å². The summed E-state index contributed by atoms with van der Waals surface area (Å²) in [7, 11) is -7.34. The summed E-state index contributed by atoms with van der Waals surface area (Å²) in [6, 6.07) is 1.66. The third kappa shape index (κ3) is 4.60. The summed E-state index contributed by atoms with van der Waals surface area (Å²) in [6.07, 6.45) is 0.976. The van der Waals surface area contributed by atoms with Crippen molar-refractivity contribution < 1.29 is 21.2 Å². The smallest absolute Gasteiger partial charge is 0.242 e. The zero-order chi connectivity index (χ0) is 14.8. The monoisotopic (exact) mass is 330 g/mol. The lowest BCUT2D eigenvalue weighted by Gasteiger charge is -2.09. The highest BCUT2D eigenvalue weighted by atomic mass is 35.5. The van der Waals surface area contributed by atoms with Gasteiger partial charge in [-0.25, -0.2) is 25.9 Å². The van der Waals surface area contributed by atoms with Gasteiger partial charge in [-0.1, -0.05) is 11.6 Å². The van der Waals surface area contributed by atoms with Gasteiger partial charge in [-0.2, -0.15) is 0 Å². The molecule has 1 rings (SSSR count). The van der Waals surface area contributed by atoms with E-state index in [-0.39, 0.29) is 23.0 Å². The van der Waals surface area contributed by atoms with Crippen molar-refractivity contribution in [1.29, 1.82) is 0 Å². The quantitative estimate of drug-likeness (QED) is 0.759. The molecule has 1 aromatic rings. The molecule has 0 radical (unpaired) electrons. The molecule has 0 aliphatic carbocycles. The number of anilines is 1. The summed E-state index contributed by atoms with van der Waals surface area (Å²) < 4.78 is 60.5. The summed E-state index contributed by atoms with van der Waals surface area (Å²) in [5.41, 5.74) is 4.89. The number of halogens is 2. The fraction of sp³-hybridized carbons (Fsp3) is 0.333. The van der Waals surface area contributed by atoms with Crippen LogP contribution in [0.2, 0.25) is 5.02 Å². The molecule has 0 aliphatic rings. The normalized spacial score (nSPS) is 12.6. The maximum absolute atomic E-state index is 13.1.